The molecule has 0 saturated heterocycles. The van der Waals surface area contributed by atoms with Gasteiger partial charge >= 0.3 is 0 Å². The zero-order chi connectivity index (χ0) is 17.2. The number of ether oxygens (including phenoxy) is 1. The lowest BCUT2D eigenvalue weighted by Gasteiger charge is -2.14. The monoisotopic (exact) mass is 330 g/mol. The lowest BCUT2D eigenvalue weighted by molar-refractivity contribution is 0.121. The van der Waals surface area contributed by atoms with Gasteiger partial charge in [-0.2, -0.15) is 5.10 Å². The van der Waals surface area contributed by atoms with E-state index >= 15 is 0 Å². The van der Waals surface area contributed by atoms with E-state index in [0.29, 0.717) is 19.7 Å². The van der Waals surface area contributed by atoms with Crippen LogP contribution < -0.4 is 10.6 Å². The van der Waals surface area contributed by atoms with E-state index in [0.717, 1.165) is 24.8 Å². The number of aromatic nitrogens is 3. The van der Waals surface area contributed by atoms with Crippen LogP contribution in [0, 0.1) is 0 Å². The molecule has 0 amide bonds. The second-order valence-corrected chi connectivity index (χ2v) is 5.40. The molecule has 0 radical (unpaired) electrons. The highest BCUT2D eigenvalue weighted by Gasteiger charge is 2.05. The molecule has 0 bridgehead atoms. The molecule has 2 aromatic rings. The molecule has 1 aromatic heterocycles. The van der Waals surface area contributed by atoms with Crippen LogP contribution in [0.1, 0.15) is 30.3 Å². The summed E-state index contributed by atoms with van der Waals surface area (Å²) in [5, 5.41) is 10.6. The largest absolute Gasteiger partial charge is 0.377 e. The summed E-state index contributed by atoms with van der Waals surface area (Å²) < 4.78 is 7.40. The third-order valence-corrected chi connectivity index (χ3v) is 3.61. The van der Waals surface area contributed by atoms with Gasteiger partial charge in [-0.1, -0.05) is 31.2 Å². The van der Waals surface area contributed by atoms with Crippen LogP contribution in [0.3, 0.4) is 0 Å². The number of aliphatic imine (C=N–C) groups is 1. The summed E-state index contributed by atoms with van der Waals surface area (Å²) in [6.45, 7) is 4.78. The second kappa shape index (κ2) is 9.67. The number of nitrogens with one attached hydrogen (secondary N) is 2. The van der Waals surface area contributed by atoms with Crippen LogP contribution in [-0.2, 0) is 31.5 Å². The maximum absolute atomic E-state index is 5.66. The number of guanidine groups is 1. The van der Waals surface area contributed by atoms with Crippen LogP contribution in [0.15, 0.2) is 35.6 Å². The van der Waals surface area contributed by atoms with Crippen LogP contribution >= 0.6 is 0 Å². The van der Waals surface area contributed by atoms with Gasteiger partial charge in [0.05, 0.1) is 13.2 Å². The Labute approximate surface area is 143 Å². The van der Waals surface area contributed by atoms with E-state index in [-0.39, 0.29) is 0 Å². The minimum Gasteiger partial charge on any atom is -0.377 e. The Morgan fingerprint density at radius 3 is 2.62 bits per heavy atom. The van der Waals surface area contributed by atoms with E-state index in [9.17, 15) is 0 Å². The summed E-state index contributed by atoms with van der Waals surface area (Å²) in [6.07, 6.45) is 2.57. The molecular formula is C17H26N6O. The molecule has 0 aliphatic rings. The highest BCUT2D eigenvalue weighted by atomic mass is 16.5. The topological polar surface area (TPSA) is 76.4 Å². The van der Waals surface area contributed by atoms with Gasteiger partial charge in [0.2, 0.25) is 0 Å². The van der Waals surface area contributed by atoms with Crippen molar-refractivity contribution < 1.29 is 4.74 Å². The van der Waals surface area contributed by atoms with E-state index in [2.05, 4.69) is 44.8 Å². The Morgan fingerprint density at radius 1 is 1.21 bits per heavy atom. The van der Waals surface area contributed by atoms with Crippen LogP contribution in [0.2, 0.25) is 0 Å². The number of hydrogen-bond acceptors (Lipinski definition) is 4. The fourth-order valence-electron chi connectivity index (χ4n) is 2.24. The quantitative estimate of drug-likeness (QED) is 0.437. The average Bonchev–Trinajstić information content (AvgIpc) is 3.01. The summed E-state index contributed by atoms with van der Waals surface area (Å²) in [5.74, 6) is 1.58. The summed E-state index contributed by atoms with van der Waals surface area (Å²) in [4.78, 5) is 8.43. The first-order chi connectivity index (χ1) is 11.7. The molecule has 0 aliphatic heterocycles. The minimum atomic E-state index is 0.567. The first-order valence-corrected chi connectivity index (χ1v) is 8.16. The standard InChI is InChI=1S/C17H26N6O/c1-4-9-24-12-15-8-6-5-7-14(15)10-19-17(18-2)20-11-16-21-13-22-23(16)3/h5-8,13H,4,9-12H2,1-3H3,(H2,18,19,20). The van der Waals surface area contributed by atoms with Crippen LogP contribution in [0.4, 0.5) is 0 Å². The number of rotatable bonds is 8. The number of nitrogens with zero attached hydrogens (tertiary/aromatic N) is 4. The van der Waals surface area contributed by atoms with Gasteiger partial charge in [0.25, 0.3) is 0 Å². The SMILES string of the molecule is CCCOCc1ccccc1CNC(=NC)NCc1ncnn1C. The molecule has 7 nitrogen and oxygen atoms in total. The maximum Gasteiger partial charge on any atom is 0.191 e. The molecule has 0 saturated carbocycles. The highest BCUT2D eigenvalue weighted by molar-refractivity contribution is 5.79. The molecule has 0 fully saturated rings. The van der Waals surface area contributed by atoms with E-state index in [4.69, 9.17) is 4.74 Å². The van der Waals surface area contributed by atoms with Crippen molar-refractivity contribution in [3.63, 3.8) is 0 Å². The number of benzene rings is 1. The Morgan fingerprint density at radius 2 is 1.96 bits per heavy atom. The van der Waals surface area contributed by atoms with Crippen LogP contribution in [0.25, 0.3) is 0 Å². The maximum atomic E-state index is 5.66. The van der Waals surface area contributed by atoms with Crippen molar-refractivity contribution in [2.24, 2.45) is 12.0 Å². The van der Waals surface area contributed by atoms with Crippen molar-refractivity contribution in [2.75, 3.05) is 13.7 Å². The van der Waals surface area contributed by atoms with Crippen molar-refractivity contribution in [1.29, 1.82) is 0 Å². The highest BCUT2D eigenvalue weighted by Crippen LogP contribution is 2.10. The third kappa shape index (κ3) is 5.34. The van der Waals surface area contributed by atoms with E-state index in [1.54, 1.807) is 18.1 Å². The van der Waals surface area contributed by atoms with Gasteiger partial charge in [0, 0.05) is 27.2 Å². The van der Waals surface area contributed by atoms with Crippen LogP contribution in [-0.4, -0.2) is 34.4 Å². The summed E-state index contributed by atoms with van der Waals surface area (Å²) in [6, 6.07) is 8.28. The Bertz CT molecular complexity index is 652. The lowest BCUT2D eigenvalue weighted by atomic mass is 10.1. The zero-order valence-corrected chi connectivity index (χ0v) is 14.6. The molecule has 1 aromatic carbocycles. The lowest BCUT2D eigenvalue weighted by Crippen LogP contribution is -2.37. The summed E-state index contributed by atoms with van der Waals surface area (Å²) in [7, 11) is 3.62. The van der Waals surface area contributed by atoms with Crippen molar-refractivity contribution in [3.05, 3.63) is 47.5 Å². The number of aryl methyl sites for hydroxylation is 1. The molecule has 0 atom stereocenters. The van der Waals surface area contributed by atoms with Gasteiger partial charge in [0.15, 0.2) is 5.96 Å². The Balaban J connectivity index is 1.87. The van der Waals surface area contributed by atoms with Crippen LogP contribution in [0.5, 0.6) is 0 Å². The smallest absolute Gasteiger partial charge is 0.191 e. The van der Waals surface area contributed by atoms with Gasteiger partial charge in [-0.05, 0) is 17.5 Å². The molecule has 24 heavy (non-hydrogen) atoms. The van der Waals surface area contributed by atoms with Crippen molar-refractivity contribution in [3.8, 4) is 0 Å². The molecule has 0 unspecified atom stereocenters. The molecule has 0 aliphatic carbocycles. The van der Waals surface area contributed by atoms with E-state index in [1.165, 1.54) is 11.1 Å². The molecule has 2 N–H and O–H groups in total. The van der Waals surface area contributed by atoms with Gasteiger partial charge in [-0.3, -0.25) is 9.67 Å². The van der Waals surface area contributed by atoms with Gasteiger partial charge in [-0.25, -0.2) is 4.98 Å². The molecular weight excluding hydrogens is 304 g/mol. The van der Waals surface area contributed by atoms with Gasteiger partial charge in [0.1, 0.15) is 12.2 Å². The Hall–Kier alpha value is -2.41. The van der Waals surface area contributed by atoms with Gasteiger partial charge < -0.3 is 15.4 Å². The zero-order valence-electron chi connectivity index (χ0n) is 14.6. The van der Waals surface area contributed by atoms with Gasteiger partial charge in [-0.15, -0.1) is 0 Å². The Kier molecular flexibility index (Phi) is 7.22. The fourth-order valence-corrected chi connectivity index (χ4v) is 2.24. The number of hydrogen-bond donors (Lipinski definition) is 2. The second-order valence-electron chi connectivity index (χ2n) is 5.40. The predicted octanol–water partition coefficient (Wildman–Crippen LogP) is 1.61. The normalized spacial score (nSPS) is 11.5. The molecule has 130 valence electrons. The summed E-state index contributed by atoms with van der Waals surface area (Å²) in [5.41, 5.74) is 2.40. The molecule has 2 rings (SSSR count). The minimum absolute atomic E-state index is 0.567. The average molecular weight is 330 g/mol. The molecule has 1 heterocycles. The first-order valence-electron chi connectivity index (χ1n) is 8.16. The first kappa shape index (κ1) is 17.9. The van der Waals surface area contributed by atoms with Crippen molar-refractivity contribution in [2.45, 2.75) is 33.0 Å². The molecule has 0 spiro atoms. The third-order valence-electron chi connectivity index (χ3n) is 3.61. The summed E-state index contributed by atoms with van der Waals surface area (Å²) >= 11 is 0. The predicted molar refractivity (Wildman–Crippen MR) is 94.4 cm³/mol. The van der Waals surface area contributed by atoms with E-state index < -0.39 is 0 Å². The molecule has 7 heteroatoms. The van der Waals surface area contributed by atoms with Crippen molar-refractivity contribution >= 4 is 5.96 Å². The fraction of sp³-hybridized carbons (Fsp3) is 0.471. The van der Waals surface area contributed by atoms with Crippen molar-refractivity contribution in [1.82, 2.24) is 25.4 Å². The van der Waals surface area contributed by atoms with E-state index in [1.807, 2.05) is 19.2 Å².